The molecule has 7 heteroatoms. The molecule has 2 amide bonds. The van der Waals surface area contributed by atoms with E-state index in [0.29, 0.717) is 41.8 Å². The van der Waals surface area contributed by atoms with Gasteiger partial charge in [0.2, 0.25) is 11.8 Å². The van der Waals surface area contributed by atoms with Crippen LogP contribution in [0.15, 0.2) is 40.8 Å². The van der Waals surface area contributed by atoms with Crippen molar-refractivity contribution in [3.63, 3.8) is 0 Å². The minimum atomic E-state index is -0.662. The van der Waals surface area contributed by atoms with Gasteiger partial charge < -0.3 is 15.1 Å². The molecule has 1 aromatic carbocycles. The van der Waals surface area contributed by atoms with Crippen molar-refractivity contribution in [3.8, 4) is 11.5 Å². The van der Waals surface area contributed by atoms with E-state index in [1.54, 1.807) is 31.2 Å². The number of carbonyl (C=O) groups excluding carboxylic acids is 2. The third kappa shape index (κ3) is 3.37. The minimum Gasteiger partial charge on any atom is -0.421 e. The van der Waals surface area contributed by atoms with Crippen molar-refractivity contribution in [2.45, 2.75) is 19.8 Å². The van der Waals surface area contributed by atoms with Gasteiger partial charge in [-0.1, -0.05) is 12.2 Å². The molecular formula is C19H20N4O3. The Kier molecular flexibility index (Phi) is 4.28. The quantitative estimate of drug-likeness (QED) is 0.650. The third-order valence-corrected chi connectivity index (χ3v) is 5.06. The van der Waals surface area contributed by atoms with Crippen LogP contribution in [0.3, 0.4) is 0 Å². The number of benzene rings is 1. The molecule has 2 N–H and O–H groups in total. The lowest BCUT2D eigenvalue weighted by Crippen LogP contribution is -2.38. The van der Waals surface area contributed by atoms with Crippen LogP contribution in [0.1, 0.15) is 18.7 Å². The van der Waals surface area contributed by atoms with Gasteiger partial charge in [-0.3, -0.25) is 9.59 Å². The normalized spacial score (nSPS) is 23.2. The molecule has 0 aliphatic heterocycles. The van der Waals surface area contributed by atoms with Gasteiger partial charge in [-0.2, -0.15) is 0 Å². The molecule has 134 valence electrons. The molecule has 0 spiro atoms. The Bertz CT molecular complexity index is 856. The Hall–Kier alpha value is -2.96. The van der Waals surface area contributed by atoms with Crippen LogP contribution < -0.4 is 10.6 Å². The predicted molar refractivity (Wildman–Crippen MR) is 95.0 cm³/mol. The van der Waals surface area contributed by atoms with E-state index in [1.165, 1.54) is 6.42 Å². The molecular weight excluding hydrogens is 332 g/mol. The fourth-order valence-electron chi connectivity index (χ4n) is 3.73. The lowest BCUT2D eigenvalue weighted by atomic mass is 9.94. The summed E-state index contributed by atoms with van der Waals surface area (Å²) >= 11 is 0. The first-order valence-corrected chi connectivity index (χ1v) is 8.76. The summed E-state index contributed by atoms with van der Waals surface area (Å²) in [6.45, 7) is 2.27. The fourth-order valence-corrected chi connectivity index (χ4v) is 3.73. The van der Waals surface area contributed by atoms with Crippen LogP contribution in [-0.2, 0) is 9.59 Å². The number of amides is 2. The summed E-state index contributed by atoms with van der Waals surface area (Å²) in [5, 5.41) is 13.1. The van der Waals surface area contributed by atoms with E-state index in [4.69, 9.17) is 4.42 Å². The summed E-state index contributed by atoms with van der Waals surface area (Å²) in [6.07, 6.45) is 6.77. The average molecular weight is 352 g/mol. The molecule has 2 aromatic rings. The van der Waals surface area contributed by atoms with Gasteiger partial charge in [0.25, 0.3) is 0 Å². The lowest BCUT2D eigenvalue weighted by molar-refractivity contribution is -0.136. The third-order valence-electron chi connectivity index (χ3n) is 5.06. The van der Waals surface area contributed by atoms with E-state index in [1.807, 2.05) is 0 Å². The van der Waals surface area contributed by atoms with Crippen molar-refractivity contribution in [1.82, 2.24) is 15.5 Å². The van der Waals surface area contributed by atoms with Crippen LogP contribution in [0.5, 0.6) is 0 Å². The summed E-state index contributed by atoms with van der Waals surface area (Å²) in [4.78, 5) is 24.1. The number of nitrogens with zero attached hydrogens (tertiary/aromatic N) is 2. The van der Waals surface area contributed by atoms with Crippen LogP contribution in [0.2, 0.25) is 0 Å². The van der Waals surface area contributed by atoms with Crippen molar-refractivity contribution in [1.29, 1.82) is 0 Å². The van der Waals surface area contributed by atoms with Gasteiger partial charge in [0, 0.05) is 24.7 Å². The van der Waals surface area contributed by atoms with Gasteiger partial charge in [-0.05, 0) is 54.9 Å². The van der Waals surface area contributed by atoms with Gasteiger partial charge in [0.15, 0.2) is 0 Å². The first-order valence-electron chi connectivity index (χ1n) is 8.76. The highest BCUT2D eigenvalue weighted by molar-refractivity contribution is 6.39. The molecule has 0 radical (unpaired) electrons. The highest BCUT2D eigenvalue weighted by atomic mass is 16.4. The number of carbonyl (C=O) groups is 2. The number of hydrogen-bond acceptors (Lipinski definition) is 5. The Morgan fingerprint density at radius 1 is 1.12 bits per heavy atom. The van der Waals surface area contributed by atoms with E-state index in [0.717, 1.165) is 12.0 Å². The van der Waals surface area contributed by atoms with Crippen LogP contribution in [0, 0.1) is 24.7 Å². The molecule has 3 atom stereocenters. The predicted octanol–water partition coefficient (Wildman–Crippen LogP) is 2.31. The van der Waals surface area contributed by atoms with E-state index >= 15 is 0 Å². The first-order chi connectivity index (χ1) is 12.6. The molecule has 1 saturated carbocycles. The molecule has 0 unspecified atom stereocenters. The zero-order chi connectivity index (χ0) is 18.1. The molecule has 1 aromatic heterocycles. The Morgan fingerprint density at radius 3 is 2.54 bits per heavy atom. The highest BCUT2D eigenvalue weighted by Crippen LogP contribution is 2.42. The van der Waals surface area contributed by atoms with Gasteiger partial charge >= 0.3 is 11.8 Å². The molecule has 0 saturated heterocycles. The smallest absolute Gasteiger partial charge is 0.313 e. The van der Waals surface area contributed by atoms with Crippen LogP contribution in [-0.4, -0.2) is 28.6 Å². The van der Waals surface area contributed by atoms with Crippen LogP contribution in [0.4, 0.5) is 5.69 Å². The maximum absolute atomic E-state index is 12.1. The SMILES string of the molecule is Cc1nnc(-c2ccc(NC(=O)C(=O)NC[C@@H]3C[C@H]4C=C[C@H]3C4)cc2)o1. The number of fused-ring (bicyclic) bond motifs is 2. The second-order valence-electron chi connectivity index (χ2n) is 6.91. The van der Waals surface area contributed by atoms with Crippen molar-refractivity contribution < 1.29 is 14.0 Å². The van der Waals surface area contributed by atoms with Gasteiger partial charge in [-0.15, -0.1) is 10.2 Å². The second kappa shape index (κ2) is 6.74. The number of anilines is 1. The standard InChI is InChI=1S/C19H20N4O3/c1-11-22-23-19(26-11)13-4-6-16(7-5-13)21-18(25)17(24)20-10-15-9-12-2-3-14(15)8-12/h2-7,12,14-15H,8-10H2,1H3,(H,20,24)(H,21,25)/t12-,14-,15-/m0/s1. The second-order valence-corrected chi connectivity index (χ2v) is 6.91. The van der Waals surface area contributed by atoms with Gasteiger partial charge in [0.05, 0.1) is 0 Å². The lowest BCUT2D eigenvalue weighted by Gasteiger charge is -2.18. The van der Waals surface area contributed by atoms with E-state index < -0.39 is 11.8 Å². The number of aryl methyl sites for hydroxylation is 1. The van der Waals surface area contributed by atoms with Crippen molar-refractivity contribution in [2.24, 2.45) is 17.8 Å². The summed E-state index contributed by atoms with van der Waals surface area (Å²) in [6, 6.07) is 6.89. The Labute approximate surface area is 150 Å². The number of hydrogen-bond donors (Lipinski definition) is 2. The summed E-state index contributed by atoms with van der Waals surface area (Å²) in [5.74, 6) is 1.27. The van der Waals surface area contributed by atoms with Crippen molar-refractivity contribution >= 4 is 17.5 Å². The number of rotatable bonds is 4. The first kappa shape index (κ1) is 16.5. The molecule has 1 fully saturated rings. The fraction of sp³-hybridized carbons (Fsp3) is 0.368. The summed E-state index contributed by atoms with van der Waals surface area (Å²) in [7, 11) is 0. The molecule has 4 rings (SSSR count). The molecule has 7 nitrogen and oxygen atoms in total. The van der Waals surface area contributed by atoms with Crippen molar-refractivity contribution in [3.05, 3.63) is 42.3 Å². The Balaban J connectivity index is 1.29. The van der Waals surface area contributed by atoms with E-state index in [-0.39, 0.29) is 0 Å². The molecule has 2 aliphatic carbocycles. The summed E-state index contributed by atoms with van der Waals surface area (Å²) < 4.78 is 5.35. The highest BCUT2D eigenvalue weighted by Gasteiger charge is 2.35. The van der Waals surface area contributed by atoms with Crippen molar-refractivity contribution in [2.75, 3.05) is 11.9 Å². The maximum Gasteiger partial charge on any atom is 0.313 e. The Morgan fingerprint density at radius 2 is 1.92 bits per heavy atom. The molecule has 2 bridgehead atoms. The monoisotopic (exact) mass is 352 g/mol. The van der Waals surface area contributed by atoms with Gasteiger partial charge in [0.1, 0.15) is 0 Å². The van der Waals surface area contributed by atoms with E-state index in [2.05, 4.69) is 33.0 Å². The zero-order valence-electron chi connectivity index (χ0n) is 14.4. The largest absolute Gasteiger partial charge is 0.421 e. The number of aromatic nitrogens is 2. The number of nitrogens with one attached hydrogen (secondary N) is 2. The number of allylic oxidation sites excluding steroid dienone is 2. The average Bonchev–Trinajstić information content (AvgIpc) is 3.37. The molecule has 2 aliphatic rings. The van der Waals surface area contributed by atoms with E-state index in [9.17, 15) is 9.59 Å². The molecule has 26 heavy (non-hydrogen) atoms. The van der Waals surface area contributed by atoms with Gasteiger partial charge in [-0.25, -0.2) is 0 Å². The topological polar surface area (TPSA) is 97.1 Å². The summed E-state index contributed by atoms with van der Waals surface area (Å²) in [5.41, 5.74) is 1.28. The van der Waals surface area contributed by atoms with Crippen LogP contribution >= 0.6 is 0 Å². The van der Waals surface area contributed by atoms with Crippen LogP contribution in [0.25, 0.3) is 11.5 Å². The zero-order valence-corrected chi connectivity index (χ0v) is 14.4. The maximum atomic E-state index is 12.1. The molecule has 1 heterocycles. The minimum absolute atomic E-state index is 0.415.